The molecule has 45 heavy (non-hydrogen) atoms. The molecule has 13 heteroatoms. The van der Waals surface area contributed by atoms with Crippen molar-refractivity contribution in [2.45, 2.75) is 0 Å². The maximum absolute atomic E-state index is 12.9. The molecule has 226 valence electrons. The van der Waals surface area contributed by atoms with Gasteiger partial charge < -0.3 is 20.1 Å². The number of amides is 3. The van der Waals surface area contributed by atoms with Crippen molar-refractivity contribution in [1.82, 2.24) is 5.43 Å². The van der Waals surface area contributed by atoms with Crippen molar-refractivity contribution in [1.29, 1.82) is 0 Å². The lowest BCUT2D eigenvalue weighted by Gasteiger charge is -2.11. The minimum Gasteiger partial charge on any atom is -0.493 e. The summed E-state index contributed by atoms with van der Waals surface area (Å²) >= 11 is 11.0. The third-order valence-electron chi connectivity index (χ3n) is 6.22. The Morgan fingerprint density at radius 1 is 0.867 bits per heavy atom. The summed E-state index contributed by atoms with van der Waals surface area (Å²) in [7, 11) is 1.41. The van der Waals surface area contributed by atoms with Gasteiger partial charge in [0, 0.05) is 20.2 Å². The highest BCUT2D eigenvalue weighted by molar-refractivity contribution is 9.10. The number of carbonyl (C=O) groups is 4. The van der Waals surface area contributed by atoms with Crippen LogP contribution >= 0.6 is 38.9 Å². The minimum atomic E-state index is -1.06. The van der Waals surface area contributed by atoms with E-state index in [-0.39, 0.29) is 27.6 Å². The number of methoxy groups -OCH3 is 1. The molecule has 0 radical (unpaired) electrons. The molecule has 4 aromatic carbocycles. The van der Waals surface area contributed by atoms with Crippen LogP contribution in [-0.2, 0) is 9.59 Å². The SMILES string of the molecule is COc1cc(C=NNC(=O)C(=O)Nc2ccccc2C(=O)Nc2ccc(Br)cc2)ccc1OC(=O)c1sc2ccccc2c1Cl. The first-order chi connectivity index (χ1) is 21.7. The second kappa shape index (κ2) is 14.2. The fourth-order valence-corrected chi connectivity index (χ4v) is 5.71. The molecule has 1 heterocycles. The summed E-state index contributed by atoms with van der Waals surface area (Å²) in [4.78, 5) is 50.9. The van der Waals surface area contributed by atoms with E-state index in [0.717, 1.165) is 14.6 Å². The Morgan fingerprint density at radius 2 is 1.60 bits per heavy atom. The summed E-state index contributed by atoms with van der Waals surface area (Å²) in [5.41, 5.74) is 3.47. The van der Waals surface area contributed by atoms with Gasteiger partial charge in [-0.15, -0.1) is 11.3 Å². The van der Waals surface area contributed by atoms with Gasteiger partial charge >= 0.3 is 17.8 Å². The zero-order valence-electron chi connectivity index (χ0n) is 23.3. The number of ether oxygens (including phenoxy) is 2. The lowest BCUT2D eigenvalue weighted by molar-refractivity contribution is -0.136. The van der Waals surface area contributed by atoms with Crippen molar-refractivity contribution in [3.05, 3.63) is 116 Å². The zero-order valence-corrected chi connectivity index (χ0v) is 26.5. The normalized spacial score (nSPS) is 10.8. The summed E-state index contributed by atoms with van der Waals surface area (Å²) in [5.74, 6) is -2.82. The van der Waals surface area contributed by atoms with Crippen molar-refractivity contribution < 1.29 is 28.7 Å². The molecular weight excluding hydrogens is 684 g/mol. The Kier molecular flexibility index (Phi) is 9.88. The number of benzene rings is 4. The van der Waals surface area contributed by atoms with E-state index < -0.39 is 23.7 Å². The van der Waals surface area contributed by atoms with Crippen LogP contribution in [0.5, 0.6) is 11.5 Å². The number of para-hydroxylation sites is 1. The average Bonchev–Trinajstić information content (AvgIpc) is 3.39. The molecule has 0 spiro atoms. The summed E-state index contributed by atoms with van der Waals surface area (Å²) < 4.78 is 12.6. The smallest absolute Gasteiger partial charge is 0.355 e. The lowest BCUT2D eigenvalue weighted by Crippen LogP contribution is -2.33. The molecule has 0 unspecified atom stereocenters. The van der Waals surface area contributed by atoms with E-state index in [1.807, 2.05) is 24.3 Å². The van der Waals surface area contributed by atoms with Crippen molar-refractivity contribution in [3.8, 4) is 11.5 Å². The van der Waals surface area contributed by atoms with Crippen molar-refractivity contribution in [3.63, 3.8) is 0 Å². The van der Waals surface area contributed by atoms with Crippen LogP contribution in [0, 0.1) is 0 Å². The van der Waals surface area contributed by atoms with Crippen LogP contribution in [0.2, 0.25) is 5.02 Å². The number of hydrazone groups is 1. The molecule has 0 saturated heterocycles. The van der Waals surface area contributed by atoms with Gasteiger partial charge in [0.25, 0.3) is 5.91 Å². The summed E-state index contributed by atoms with van der Waals surface area (Å²) in [5, 5.41) is 10.1. The number of anilines is 2. The second-order valence-electron chi connectivity index (χ2n) is 9.20. The monoisotopic (exact) mass is 704 g/mol. The van der Waals surface area contributed by atoms with E-state index >= 15 is 0 Å². The first kappa shape index (κ1) is 31.4. The molecule has 10 nitrogen and oxygen atoms in total. The molecule has 0 atom stereocenters. The highest BCUT2D eigenvalue weighted by Crippen LogP contribution is 2.37. The summed E-state index contributed by atoms with van der Waals surface area (Å²) in [6.07, 6.45) is 1.28. The minimum absolute atomic E-state index is 0.142. The van der Waals surface area contributed by atoms with Crippen LogP contribution in [0.1, 0.15) is 25.6 Å². The lowest BCUT2D eigenvalue weighted by atomic mass is 10.1. The van der Waals surface area contributed by atoms with Gasteiger partial charge in [0.15, 0.2) is 11.5 Å². The van der Waals surface area contributed by atoms with E-state index in [4.69, 9.17) is 21.1 Å². The molecule has 0 saturated carbocycles. The third kappa shape index (κ3) is 7.55. The standard InChI is InChI=1S/C32H22BrClN4O6S/c1-43-25-16-18(10-15-24(25)44-32(42)28-27(34)22-7-3-5-9-26(22)45-28)17-35-38-31(41)30(40)37-23-8-4-2-6-21(23)29(39)36-20-13-11-19(33)12-14-20/h2-17H,1H3,(H,36,39)(H,37,40)(H,38,41). The maximum atomic E-state index is 12.9. The van der Waals surface area contributed by atoms with Gasteiger partial charge in [0.05, 0.1) is 29.6 Å². The van der Waals surface area contributed by atoms with Crippen LogP contribution in [0.25, 0.3) is 10.1 Å². The molecule has 0 aliphatic rings. The molecule has 1 aromatic heterocycles. The number of fused-ring (bicyclic) bond motifs is 1. The average molecular weight is 706 g/mol. The second-order valence-corrected chi connectivity index (χ2v) is 11.5. The molecule has 3 amide bonds. The van der Waals surface area contributed by atoms with Gasteiger partial charge in [-0.2, -0.15) is 5.10 Å². The molecule has 0 aliphatic heterocycles. The summed E-state index contributed by atoms with van der Waals surface area (Å²) in [6, 6.07) is 25.2. The van der Waals surface area contributed by atoms with Crippen LogP contribution < -0.4 is 25.5 Å². The van der Waals surface area contributed by atoms with Crippen LogP contribution in [0.15, 0.2) is 101 Å². The number of hydrogen-bond acceptors (Lipinski definition) is 8. The number of hydrogen-bond donors (Lipinski definition) is 3. The topological polar surface area (TPSA) is 135 Å². The molecule has 0 aliphatic carbocycles. The largest absolute Gasteiger partial charge is 0.493 e. The van der Waals surface area contributed by atoms with Crippen LogP contribution in [0.4, 0.5) is 11.4 Å². The maximum Gasteiger partial charge on any atom is 0.355 e. The predicted octanol–water partition coefficient (Wildman–Crippen LogP) is 6.89. The fraction of sp³-hybridized carbons (Fsp3) is 0.0312. The highest BCUT2D eigenvalue weighted by atomic mass is 79.9. The molecule has 0 fully saturated rings. The summed E-state index contributed by atoms with van der Waals surface area (Å²) in [6.45, 7) is 0. The van der Waals surface area contributed by atoms with E-state index in [1.54, 1.807) is 42.5 Å². The molecule has 3 N–H and O–H groups in total. The van der Waals surface area contributed by atoms with Gasteiger partial charge in [-0.25, -0.2) is 10.2 Å². The number of rotatable bonds is 8. The molecule has 5 aromatic rings. The van der Waals surface area contributed by atoms with Gasteiger partial charge in [-0.05, 0) is 66.2 Å². The van der Waals surface area contributed by atoms with Gasteiger partial charge in [0.2, 0.25) is 0 Å². The number of esters is 1. The Morgan fingerprint density at radius 3 is 2.36 bits per heavy atom. The number of halogens is 2. The number of carbonyl (C=O) groups excluding carboxylic acids is 4. The Balaban J connectivity index is 1.20. The van der Waals surface area contributed by atoms with E-state index in [2.05, 4.69) is 37.1 Å². The van der Waals surface area contributed by atoms with Crippen molar-refractivity contribution >= 4 is 90.2 Å². The van der Waals surface area contributed by atoms with E-state index in [9.17, 15) is 19.2 Å². The first-order valence-corrected chi connectivity index (χ1v) is 15.1. The van der Waals surface area contributed by atoms with E-state index in [1.165, 1.54) is 48.9 Å². The zero-order chi connectivity index (χ0) is 31.9. The Labute approximate surface area is 274 Å². The van der Waals surface area contributed by atoms with Gasteiger partial charge in [-0.1, -0.05) is 57.9 Å². The van der Waals surface area contributed by atoms with Crippen LogP contribution in [0.3, 0.4) is 0 Å². The quantitative estimate of drug-likeness (QED) is 0.0530. The van der Waals surface area contributed by atoms with Crippen molar-refractivity contribution in [2.75, 3.05) is 17.7 Å². The first-order valence-electron chi connectivity index (χ1n) is 13.1. The van der Waals surface area contributed by atoms with Crippen LogP contribution in [-0.4, -0.2) is 37.0 Å². The number of thiophene rings is 1. The Hall–Kier alpha value is -5.04. The molecule has 5 rings (SSSR count). The Bertz CT molecular complexity index is 1960. The van der Waals surface area contributed by atoms with Gasteiger partial charge in [0.1, 0.15) is 4.88 Å². The number of nitrogens with zero attached hydrogens (tertiary/aromatic N) is 1. The molecular formula is C32H22BrClN4O6S. The predicted molar refractivity (Wildman–Crippen MR) is 178 cm³/mol. The van der Waals surface area contributed by atoms with E-state index in [0.29, 0.717) is 16.3 Å². The number of nitrogens with one attached hydrogen (secondary N) is 3. The fourth-order valence-electron chi connectivity index (χ4n) is 4.06. The molecule has 0 bridgehead atoms. The van der Waals surface area contributed by atoms with Crippen molar-refractivity contribution in [2.24, 2.45) is 5.10 Å². The highest BCUT2D eigenvalue weighted by Gasteiger charge is 2.21. The third-order valence-corrected chi connectivity index (χ3v) is 8.40. The van der Waals surface area contributed by atoms with Gasteiger partial charge in [-0.3, -0.25) is 14.4 Å².